The highest BCUT2D eigenvalue weighted by atomic mass is 32.2. The fourth-order valence-corrected chi connectivity index (χ4v) is 2.22. The Morgan fingerprint density at radius 3 is 2.44 bits per heavy atom. The summed E-state index contributed by atoms with van der Waals surface area (Å²) in [7, 11) is 0. The Balaban J connectivity index is 2.56. The summed E-state index contributed by atoms with van der Waals surface area (Å²) in [4.78, 5) is 14.0. The van der Waals surface area contributed by atoms with E-state index < -0.39 is 0 Å². The van der Waals surface area contributed by atoms with Crippen molar-refractivity contribution in [2.45, 2.75) is 4.90 Å². The molecule has 0 radical (unpaired) electrons. The molecule has 1 aromatic rings. The van der Waals surface area contributed by atoms with Crippen molar-refractivity contribution >= 4 is 17.7 Å². The van der Waals surface area contributed by atoms with E-state index in [2.05, 4.69) is 13.2 Å². The number of benzene rings is 1. The zero-order valence-electron chi connectivity index (χ0n) is 10.1. The molecular formula is C14H16FNOS. The molecule has 1 aromatic carbocycles. The third-order valence-electron chi connectivity index (χ3n) is 2.24. The molecule has 2 nitrogen and oxygen atoms in total. The number of rotatable bonds is 7. The lowest BCUT2D eigenvalue weighted by molar-refractivity contribution is -0.127. The average Bonchev–Trinajstić information content (AvgIpc) is 2.37. The summed E-state index contributed by atoms with van der Waals surface area (Å²) in [5.41, 5.74) is 0. The Kier molecular flexibility index (Phi) is 6.22. The number of hydrogen-bond donors (Lipinski definition) is 0. The van der Waals surface area contributed by atoms with Gasteiger partial charge in [-0.05, 0) is 12.1 Å². The molecule has 0 heterocycles. The molecule has 18 heavy (non-hydrogen) atoms. The highest BCUT2D eigenvalue weighted by molar-refractivity contribution is 8.00. The normalized spacial score (nSPS) is 9.83. The van der Waals surface area contributed by atoms with Crippen LogP contribution in [0.25, 0.3) is 0 Å². The Morgan fingerprint density at radius 2 is 1.89 bits per heavy atom. The van der Waals surface area contributed by atoms with Gasteiger partial charge in [-0.2, -0.15) is 0 Å². The van der Waals surface area contributed by atoms with Crippen molar-refractivity contribution in [1.29, 1.82) is 0 Å². The molecule has 0 atom stereocenters. The first-order chi connectivity index (χ1) is 8.69. The van der Waals surface area contributed by atoms with Crippen LogP contribution in [-0.2, 0) is 4.79 Å². The maximum Gasteiger partial charge on any atom is 0.233 e. The predicted molar refractivity (Wildman–Crippen MR) is 74.1 cm³/mol. The quantitative estimate of drug-likeness (QED) is 0.557. The molecular weight excluding hydrogens is 249 g/mol. The Labute approximate surface area is 111 Å². The Bertz CT molecular complexity index is 424. The van der Waals surface area contributed by atoms with Crippen LogP contribution in [0.5, 0.6) is 0 Å². The minimum Gasteiger partial charge on any atom is -0.335 e. The maximum atomic E-state index is 13.4. The monoisotopic (exact) mass is 265 g/mol. The van der Waals surface area contributed by atoms with Gasteiger partial charge >= 0.3 is 0 Å². The molecule has 0 aliphatic carbocycles. The second-order valence-corrected chi connectivity index (χ2v) is 4.61. The second kappa shape index (κ2) is 7.71. The van der Waals surface area contributed by atoms with Gasteiger partial charge in [-0.1, -0.05) is 24.3 Å². The van der Waals surface area contributed by atoms with Crippen LogP contribution >= 0.6 is 11.8 Å². The van der Waals surface area contributed by atoms with E-state index >= 15 is 0 Å². The molecule has 0 unspecified atom stereocenters. The first-order valence-corrected chi connectivity index (χ1v) is 6.54. The van der Waals surface area contributed by atoms with Crippen molar-refractivity contribution in [3.8, 4) is 0 Å². The fraction of sp³-hybridized carbons (Fsp3) is 0.214. The van der Waals surface area contributed by atoms with Gasteiger partial charge in [0, 0.05) is 18.0 Å². The lowest BCUT2D eigenvalue weighted by Gasteiger charge is -2.18. The van der Waals surface area contributed by atoms with E-state index in [1.54, 1.807) is 35.3 Å². The summed E-state index contributed by atoms with van der Waals surface area (Å²) in [6.07, 6.45) is 3.32. The van der Waals surface area contributed by atoms with Crippen LogP contribution in [0.1, 0.15) is 0 Å². The van der Waals surface area contributed by atoms with E-state index in [-0.39, 0.29) is 17.5 Å². The van der Waals surface area contributed by atoms with Gasteiger partial charge in [0.2, 0.25) is 5.91 Å². The summed E-state index contributed by atoms with van der Waals surface area (Å²) >= 11 is 1.20. The van der Waals surface area contributed by atoms with E-state index in [1.165, 1.54) is 17.8 Å². The number of hydrogen-bond acceptors (Lipinski definition) is 2. The van der Waals surface area contributed by atoms with Crippen LogP contribution in [0.15, 0.2) is 54.5 Å². The summed E-state index contributed by atoms with van der Waals surface area (Å²) < 4.78 is 13.4. The van der Waals surface area contributed by atoms with Crippen LogP contribution in [0.3, 0.4) is 0 Å². The third-order valence-corrected chi connectivity index (χ3v) is 3.27. The number of nitrogens with zero attached hydrogens (tertiary/aromatic N) is 1. The minimum atomic E-state index is -0.297. The van der Waals surface area contributed by atoms with Gasteiger partial charge < -0.3 is 4.90 Å². The lowest BCUT2D eigenvalue weighted by atomic mass is 10.3. The number of carbonyl (C=O) groups is 1. The van der Waals surface area contributed by atoms with Gasteiger partial charge in [0.15, 0.2) is 0 Å². The largest absolute Gasteiger partial charge is 0.335 e. The maximum absolute atomic E-state index is 13.4. The van der Waals surface area contributed by atoms with Crippen LogP contribution in [-0.4, -0.2) is 29.6 Å². The van der Waals surface area contributed by atoms with Gasteiger partial charge in [0.1, 0.15) is 5.82 Å². The predicted octanol–water partition coefficient (Wildman–Crippen LogP) is 3.12. The molecule has 0 saturated carbocycles. The Morgan fingerprint density at radius 1 is 1.28 bits per heavy atom. The first-order valence-electron chi connectivity index (χ1n) is 5.56. The minimum absolute atomic E-state index is 0.0527. The molecule has 0 aliphatic rings. The molecule has 96 valence electrons. The molecule has 0 fully saturated rings. The highest BCUT2D eigenvalue weighted by Crippen LogP contribution is 2.21. The summed E-state index contributed by atoms with van der Waals surface area (Å²) in [6, 6.07) is 6.43. The number of carbonyl (C=O) groups excluding carboxylic acids is 1. The standard InChI is InChI=1S/C14H16FNOS/c1-3-9-16(10-4-2)14(17)11-18-13-8-6-5-7-12(13)15/h3-8H,1-2,9-11H2. The van der Waals surface area contributed by atoms with Crippen LogP contribution in [0.2, 0.25) is 0 Å². The van der Waals surface area contributed by atoms with Gasteiger partial charge in [-0.15, -0.1) is 24.9 Å². The molecule has 4 heteroatoms. The number of amides is 1. The molecule has 0 aliphatic heterocycles. The molecule has 0 bridgehead atoms. The van der Waals surface area contributed by atoms with Crippen molar-refractivity contribution in [3.05, 3.63) is 55.4 Å². The van der Waals surface area contributed by atoms with Crippen LogP contribution in [0, 0.1) is 5.82 Å². The average molecular weight is 265 g/mol. The number of halogens is 1. The first kappa shape index (κ1) is 14.5. The lowest BCUT2D eigenvalue weighted by Crippen LogP contribution is -2.32. The SMILES string of the molecule is C=CCN(CC=C)C(=O)CSc1ccccc1F. The van der Waals surface area contributed by atoms with E-state index in [0.717, 1.165) is 0 Å². The van der Waals surface area contributed by atoms with Gasteiger partial charge in [-0.25, -0.2) is 4.39 Å². The van der Waals surface area contributed by atoms with E-state index in [1.807, 2.05) is 0 Å². The summed E-state index contributed by atoms with van der Waals surface area (Å²) in [5, 5.41) is 0. The van der Waals surface area contributed by atoms with Crippen molar-refractivity contribution in [3.63, 3.8) is 0 Å². The molecule has 0 N–H and O–H groups in total. The van der Waals surface area contributed by atoms with Crippen LogP contribution in [0.4, 0.5) is 4.39 Å². The van der Waals surface area contributed by atoms with Crippen molar-refractivity contribution < 1.29 is 9.18 Å². The zero-order valence-corrected chi connectivity index (χ0v) is 11.0. The van der Waals surface area contributed by atoms with Crippen molar-refractivity contribution in [2.75, 3.05) is 18.8 Å². The Hall–Kier alpha value is -1.55. The van der Waals surface area contributed by atoms with Gasteiger partial charge in [-0.3, -0.25) is 4.79 Å². The molecule has 0 saturated heterocycles. The van der Waals surface area contributed by atoms with Crippen molar-refractivity contribution in [2.24, 2.45) is 0 Å². The smallest absolute Gasteiger partial charge is 0.233 e. The molecule has 1 rings (SSSR count). The topological polar surface area (TPSA) is 20.3 Å². The van der Waals surface area contributed by atoms with Gasteiger partial charge in [0.05, 0.1) is 5.75 Å². The molecule has 1 amide bonds. The second-order valence-electron chi connectivity index (χ2n) is 3.60. The zero-order chi connectivity index (χ0) is 13.4. The van der Waals surface area contributed by atoms with Gasteiger partial charge in [0.25, 0.3) is 0 Å². The summed E-state index contributed by atoms with van der Waals surface area (Å²) in [5.74, 6) is -0.139. The van der Waals surface area contributed by atoms with E-state index in [9.17, 15) is 9.18 Å². The van der Waals surface area contributed by atoms with Crippen LogP contribution < -0.4 is 0 Å². The fourth-order valence-electron chi connectivity index (χ4n) is 1.38. The third kappa shape index (κ3) is 4.37. The highest BCUT2D eigenvalue weighted by Gasteiger charge is 2.12. The molecule has 0 spiro atoms. The van der Waals surface area contributed by atoms with E-state index in [4.69, 9.17) is 0 Å². The van der Waals surface area contributed by atoms with Crippen molar-refractivity contribution in [1.82, 2.24) is 4.90 Å². The summed E-state index contributed by atoms with van der Waals surface area (Å²) in [6.45, 7) is 8.15. The van der Waals surface area contributed by atoms with E-state index in [0.29, 0.717) is 18.0 Å². The molecule has 0 aromatic heterocycles. The number of thioether (sulfide) groups is 1.